The van der Waals surface area contributed by atoms with Crippen LogP contribution in [0.1, 0.15) is 49.7 Å². The van der Waals surface area contributed by atoms with Crippen LogP contribution in [-0.2, 0) is 28.9 Å². The summed E-state index contributed by atoms with van der Waals surface area (Å²) in [5, 5.41) is -0.0473. The van der Waals surface area contributed by atoms with Crippen LogP contribution in [0.4, 0.5) is 0 Å². The van der Waals surface area contributed by atoms with Gasteiger partial charge in [-0.05, 0) is 55.0 Å². The van der Waals surface area contributed by atoms with Crippen molar-refractivity contribution in [2.45, 2.75) is 53.5 Å². The van der Waals surface area contributed by atoms with Crippen molar-refractivity contribution in [1.82, 2.24) is 5.32 Å². The van der Waals surface area contributed by atoms with Crippen LogP contribution in [0.5, 0.6) is 0 Å². The zero-order valence-electron chi connectivity index (χ0n) is 22.3. The van der Waals surface area contributed by atoms with Crippen molar-refractivity contribution in [1.29, 1.82) is 0 Å². The minimum Gasteiger partial charge on any atom is -0.466 e. The Labute approximate surface area is 254 Å². The first-order chi connectivity index (χ1) is 19.4. The minimum absolute atomic E-state index is 0.0900. The van der Waals surface area contributed by atoms with E-state index in [2.05, 4.69) is 5.32 Å². The van der Waals surface area contributed by atoms with E-state index in [4.69, 9.17) is 50.0 Å². The number of hydrogen-bond donors (Lipinski definition) is 2. The van der Waals surface area contributed by atoms with Crippen LogP contribution < -0.4 is 11.1 Å². The third kappa shape index (κ3) is 8.05. The van der Waals surface area contributed by atoms with Crippen molar-refractivity contribution in [2.24, 2.45) is 11.7 Å². The van der Waals surface area contributed by atoms with Crippen LogP contribution in [0, 0.1) is 5.92 Å². The molecule has 8 nitrogen and oxygen atoms in total. The second-order valence-corrected chi connectivity index (χ2v) is 13.6. The number of carbonyl (C=O) groups excluding carboxylic acids is 2. The van der Waals surface area contributed by atoms with E-state index in [-0.39, 0.29) is 47.4 Å². The zero-order valence-corrected chi connectivity index (χ0v) is 25.4. The number of benzene rings is 2. The topological polar surface area (TPSA) is 125 Å². The Balaban J connectivity index is 1.63. The summed E-state index contributed by atoms with van der Waals surface area (Å²) in [4.78, 5) is 26.3. The van der Waals surface area contributed by atoms with Crippen molar-refractivity contribution < 1.29 is 27.5 Å². The van der Waals surface area contributed by atoms with Gasteiger partial charge in [0.2, 0.25) is 10.9 Å². The van der Waals surface area contributed by atoms with Crippen LogP contribution in [0.3, 0.4) is 0 Å². The summed E-state index contributed by atoms with van der Waals surface area (Å²) in [5.74, 6) is -1.86. The van der Waals surface area contributed by atoms with E-state index in [0.717, 1.165) is 18.4 Å². The average Bonchev–Trinajstić information content (AvgIpc) is 3.73. The predicted molar refractivity (Wildman–Crippen MR) is 159 cm³/mol. The Kier molecular flexibility index (Phi) is 10.1. The number of nitrogens with one attached hydrogen (secondary N) is 1. The third-order valence-corrected chi connectivity index (χ3v) is 9.38. The van der Waals surface area contributed by atoms with Gasteiger partial charge < -0.3 is 20.5 Å². The lowest BCUT2D eigenvalue weighted by atomic mass is 9.90. The lowest BCUT2D eigenvalue weighted by molar-refractivity contribution is -0.145. The largest absolute Gasteiger partial charge is 0.466 e. The SMILES string of the molecule is CCOC(=O)CC(C(=O)NC1=C(N)C=C(c2ccccc2)C(Cl)(OC(Cl)Cl)C1)c1ccc(S(=O)(=O)CC2CC2)cc1. The first kappa shape index (κ1) is 31.4. The maximum absolute atomic E-state index is 13.6. The molecule has 0 aromatic heterocycles. The van der Waals surface area contributed by atoms with Gasteiger partial charge in [-0.2, -0.15) is 0 Å². The number of ether oxygens (including phenoxy) is 2. The average molecular weight is 642 g/mol. The number of halogens is 3. The number of hydrogen-bond acceptors (Lipinski definition) is 7. The first-order valence-corrected chi connectivity index (χ1v) is 16.0. The fourth-order valence-electron chi connectivity index (χ4n) is 4.64. The molecule has 1 saturated carbocycles. The van der Waals surface area contributed by atoms with Gasteiger partial charge in [0.1, 0.15) is 0 Å². The molecule has 41 heavy (non-hydrogen) atoms. The summed E-state index contributed by atoms with van der Waals surface area (Å²) in [5.41, 5.74) is 8.50. The molecule has 4 rings (SSSR count). The highest BCUT2D eigenvalue weighted by Gasteiger charge is 2.41. The Morgan fingerprint density at radius 3 is 2.34 bits per heavy atom. The van der Waals surface area contributed by atoms with Gasteiger partial charge in [0.05, 0.1) is 35.3 Å². The number of allylic oxidation sites excluding steroid dienone is 1. The van der Waals surface area contributed by atoms with Crippen LogP contribution in [0.15, 0.2) is 77.0 Å². The molecule has 0 heterocycles. The van der Waals surface area contributed by atoms with E-state index >= 15 is 0 Å². The Bertz CT molecular complexity index is 1440. The molecule has 2 unspecified atom stereocenters. The second kappa shape index (κ2) is 13.2. The Morgan fingerprint density at radius 2 is 1.76 bits per heavy atom. The number of rotatable bonds is 12. The third-order valence-electron chi connectivity index (χ3n) is 6.88. The summed E-state index contributed by atoms with van der Waals surface area (Å²) in [6, 6.07) is 15.1. The summed E-state index contributed by atoms with van der Waals surface area (Å²) in [6.45, 7) is 1.80. The van der Waals surface area contributed by atoms with Crippen LogP contribution in [0.25, 0.3) is 5.57 Å². The summed E-state index contributed by atoms with van der Waals surface area (Å²) in [7, 11) is -3.45. The maximum Gasteiger partial charge on any atom is 0.306 e. The molecular formula is C29H31Cl3N2O6S. The van der Waals surface area contributed by atoms with Gasteiger partial charge in [-0.25, -0.2) is 8.42 Å². The number of alkyl halides is 3. The molecule has 1 fully saturated rings. The first-order valence-electron chi connectivity index (χ1n) is 13.1. The quantitative estimate of drug-likeness (QED) is 0.235. The molecule has 2 aromatic carbocycles. The predicted octanol–water partition coefficient (Wildman–Crippen LogP) is 5.39. The van der Waals surface area contributed by atoms with Gasteiger partial charge in [-0.3, -0.25) is 9.59 Å². The molecule has 0 radical (unpaired) electrons. The van der Waals surface area contributed by atoms with E-state index in [1.54, 1.807) is 13.0 Å². The molecule has 2 aliphatic rings. The second-order valence-electron chi connectivity index (χ2n) is 9.99. The molecule has 1 amide bonds. The molecule has 0 saturated heterocycles. The molecule has 2 atom stereocenters. The maximum atomic E-state index is 13.6. The minimum atomic E-state index is -3.45. The van der Waals surface area contributed by atoms with Gasteiger partial charge in [-0.15, -0.1) is 0 Å². The molecule has 12 heteroatoms. The van der Waals surface area contributed by atoms with Crippen LogP contribution in [0.2, 0.25) is 0 Å². The van der Waals surface area contributed by atoms with E-state index in [9.17, 15) is 18.0 Å². The molecule has 2 aromatic rings. The van der Waals surface area contributed by atoms with Crippen molar-refractivity contribution >= 4 is 62.1 Å². The lowest BCUT2D eigenvalue weighted by Crippen LogP contribution is -2.39. The Morgan fingerprint density at radius 1 is 1.10 bits per heavy atom. The highest BCUT2D eigenvalue weighted by Crippen LogP contribution is 2.44. The van der Waals surface area contributed by atoms with Crippen molar-refractivity contribution in [3.63, 3.8) is 0 Å². The Hall–Kier alpha value is -2.56. The number of nitrogens with two attached hydrogens (primary N) is 1. The fourth-order valence-corrected chi connectivity index (χ4v) is 7.12. The highest BCUT2D eigenvalue weighted by atomic mass is 35.5. The number of esters is 1. The van der Waals surface area contributed by atoms with E-state index in [1.165, 1.54) is 24.3 Å². The molecule has 3 N–H and O–H groups in total. The standard InChI is InChI=1S/C29H31Cl3N2O6S/c1-2-39-26(35)14-22(19-10-12-21(13-11-19)41(37,38)17-18-8-9-18)27(36)34-25-16-29(32,40-28(30)31)23(15-24(25)33)20-6-4-3-5-7-20/h3-7,10-13,15,18,22,28H,2,8-9,14,16-17,33H2,1H3,(H,34,36). The highest BCUT2D eigenvalue weighted by molar-refractivity contribution is 7.91. The normalized spacial score (nSPS) is 20.0. The summed E-state index contributed by atoms with van der Waals surface area (Å²) >= 11 is 18.8. The van der Waals surface area contributed by atoms with Gasteiger partial charge in [0, 0.05) is 17.7 Å². The van der Waals surface area contributed by atoms with Crippen LogP contribution >= 0.6 is 34.8 Å². The van der Waals surface area contributed by atoms with Gasteiger partial charge >= 0.3 is 5.97 Å². The fraction of sp³-hybridized carbons (Fsp3) is 0.379. The molecule has 0 bridgehead atoms. The zero-order chi connectivity index (χ0) is 29.8. The smallest absolute Gasteiger partial charge is 0.306 e. The van der Waals surface area contributed by atoms with Gasteiger partial charge in [0.15, 0.2) is 14.9 Å². The van der Waals surface area contributed by atoms with E-state index in [0.29, 0.717) is 11.1 Å². The van der Waals surface area contributed by atoms with Crippen molar-refractivity contribution in [3.05, 3.63) is 83.2 Å². The monoisotopic (exact) mass is 640 g/mol. The van der Waals surface area contributed by atoms with Gasteiger partial charge in [-0.1, -0.05) is 77.3 Å². The molecule has 220 valence electrons. The van der Waals surface area contributed by atoms with E-state index < -0.39 is 37.7 Å². The van der Waals surface area contributed by atoms with Crippen LogP contribution in [-0.4, -0.2) is 42.7 Å². The summed E-state index contributed by atoms with van der Waals surface area (Å²) in [6.07, 6.45) is 3.03. The number of sulfone groups is 1. The van der Waals surface area contributed by atoms with E-state index in [1.807, 2.05) is 30.3 Å². The van der Waals surface area contributed by atoms with Gasteiger partial charge in [0.25, 0.3) is 0 Å². The summed E-state index contributed by atoms with van der Waals surface area (Å²) < 4.78 is 36.2. The molecule has 0 aliphatic heterocycles. The molecular weight excluding hydrogens is 611 g/mol. The number of carbonyl (C=O) groups is 2. The lowest BCUT2D eigenvalue weighted by Gasteiger charge is -2.35. The molecule has 0 spiro atoms. The van der Waals surface area contributed by atoms with Crippen molar-refractivity contribution in [2.75, 3.05) is 12.4 Å². The molecule has 2 aliphatic carbocycles. The number of amides is 1. The van der Waals surface area contributed by atoms with Crippen molar-refractivity contribution in [3.8, 4) is 0 Å².